The molecule has 6 heteroatoms. The maximum atomic E-state index is 11.8. The Bertz CT molecular complexity index is 692. The first-order chi connectivity index (χ1) is 10.3. The Hall–Kier alpha value is -1.69. The zero-order valence-electron chi connectivity index (χ0n) is 11.8. The second kappa shape index (κ2) is 5.26. The highest BCUT2D eigenvalue weighted by Crippen LogP contribution is 2.38. The van der Waals surface area contributed by atoms with E-state index in [1.165, 1.54) is 29.7 Å². The van der Waals surface area contributed by atoms with Gasteiger partial charge in [-0.05, 0) is 43.6 Å². The number of rotatable bonds is 5. The van der Waals surface area contributed by atoms with Gasteiger partial charge in [0.05, 0.1) is 11.9 Å². The topological polar surface area (TPSA) is 66.9 Å². The van der Waals surface area contributed by atoms with Gasteiger partial charge in [-0.1, -0.05) is 0 Å². The number of nitrogens with zero attached hydrogens (tertiary/aromatic N) is 2. The van der Waals surface area contributed by atoms with E-state index in [0.29, 0.717) is 5.92 Å². The zero-order valence-corrected chi connectivity index (χ0v) is 12.6. The molecule has 1 fully saturated rings. The third-order valence-corrected chi connectivity index (χ3v) is 5.40. The Morgan fingerprint density at radius 2 is 2.24 bits per heavy atom. The first-order valence-corrected chi connectivity index (χ1v) is 8.38. The third-order valence-electron chi connectivity index (χ3n) is 4.20. The summed E-state index contributed by atoms with van der Waals surface area (Å²) >= 11 is 1.77. The van der Waals surface area contributed by atoms with Crippen LogP contribution in [0.5, 0.6) is 0 Å². The molecule has 2 aromatic rings. The quantitative estimate of drug-likeness (QED) is 0.888. The van der Waals surface area contributed by atoms with Crippen LogP contribution in [-0.2, 0) is 17.6 Å². The van der Waals surface area contributed by atoms with Crippen LogP contribution < -0.4 is 10.6 Å². The number of hydrogen-bond donors (Lipinski definition) is 2. The smallest absolute Gasteiger partial charge is 0.239 e. The standard InChI is InChI=1S/C15H18N4OS/c20-12(16-6-9-4-5-9)7-17-14-13-10-2-1-3-11(10)21-15(13)19-8-18-14/h8-9H,1-7H2,(H,16,20)(H,17,18,19). The van der Waals surface area contributed by atoms with Crippen molar-refractivity contribution in [1.82, 2.24) is 15.3 Å². The van der Waals surface area contributed by atoms with Crippen LogP contribution in [0.15, 0.2) is 6.33 Å². The molecule has 0 saturated heterocycles. The third kappa shape index (κ3) is 2.60. The molecule has 0 atom stereocenters. The van der Waals surface area contributed by atoms with Crippen LogP contribution in [0.3, 0.4) is 0 Å². The highest BCUT2D eigenvalue weighted by Gasteiger charge is 2.22. The molecule has 2 aliphatic rings. The van der Waals surface area contributed by atoms with E-state index in [-0.39, 0.29) is 12.5 Å². The Kier molecular flexibility index (Phi) is 3.25. The molecule has 1 saturated carbocycles. The second-order valence-corrected chi connectivity index (χ2v) is 6.94. The molecule has 0 bridgehead atoms. The lowest BCUT2D eigenvalue weighted by atomic mass is 10.2. The van der Waals surface area contributed by atoms with Crippen molar-refractivity contribution in [3.8, 4) is 0 Å². The summed E-state index contributed by atoms with van der Waals surface area (Å²) in [6, 6.07) is 0. The predicted molar refractivity (Wildman–Crippen MR) is 83.7 cm³/mol. The summed E-state index contributed by atoms with van der Waals surface area (Å²) in [5.41, 5.74) is 1.39. The summed E-state index contributed by atoms with van der Waals surface area (Å²) in [7, 11) is 0. The Morgan fingerprint density at radius 3 is 3.10 bits per heavy atom. The van der Waals surface area contributed by atoms with Gasteiger partial charge in [-0.3, -0.25) is 4.79 Å². The van der Waals surface area contributed by atoms with Crippen LogP contribution in [0.4, 0.5) is 5.82 Å². The van der Waals surface area contributed by atoms with Gasteiger partial charge in [0.25, 0.3) is 0 Å². The molecule has 0 aliphatic heterocycles. The van der Waals surface area contributed by atoms with E-state index >= 15 is 0 Å². The molecule has 4 rings (SSSR count). The molecule has 2 aliphatic carbocycles. The van der Waals surface area contributed by atoms with Crippen LogP contribution in [0.1, 0.15) is 29.7 Å². The monoisotopic (exact) mass is 302 g/mol. The summed E-state index contributed by atoms with van der Waals surface area (Å²) in [5.74, 6) is 1.56. The van der Waals surface area contributed by atoms with Gasteiger partial charge in [-0.25, -0.2) is 9.97 Å². The number of anilines is 1. The molecule has 2 heterocycles. The normalized spacial score (nSPS) is 17.0. The molecular formula is C15H18N4OS. The first-order valence-electron chi connectivity index (χ1n) is 7.57. The minimum Gasteiger partial charge on any atom is -0.360 e. The van der Waals surface area contributed by atoms with Gasteiger partial charge in [0.1, 0.15) is 17.0 Å². The van der Waals surface area contributed by atoms with Crippen molar-refractivity contribution >= 4 is 33.3 Å². The van der Waals surface area contributed by atoms with Crippen molar-refractivity contribution in [3.63, 3.8) is 0 Å². The molecule has 0 unspecified atom stereocenters. The Balaban J connectivity index is 1.49. The minimum absolute atomic E-state index is 0.0422. The summed E-state index contributed by atoms with van der Waals surface area (Å²) in [6.07, 6.45) is 7.55. The molecule has 1 amide bonds. The highest BCUT2D eigenvalue weighted by atomic mass is 32.1. The molecule has 0 spiro atoms. The summed E-state index contributed by atoms with van der Waals surface area (Å²) in [5, 5.41) is 7.29. The van der Waals surface area contributed by atoms with Gasteiger partial charge in [-0.15, -0.1) is 11.3 Å². The Labute approximate surface area is 127 Å². The van der Waals surface area contributed by atoms with E-state index in [2.05, 4.69) is 20.6 Å². The summed E-state index contributed by atoms with van der Waals surface area (Å²) in [4.78, 5) is 23.0. The number of aryl methyl sites for hydroxylation is 2. The second-order valence-electron chi connectivity index (χ2n) is 5.86. The van der Waals surface area contributed by atoms with Gasteiger partial charge in [0.15, 0.2) is 0 Å². The fourth-order valence-corrected chi connectivity index (χ4v) is 4.10. The average molecular weight is 302 g/mol. The van der Waals surface area contributed by atoms with Gasteiger partial charge < -0.3 is 10.6 Å². The van der Waals surface area contributed by atoms with Crippen molar-refractivity contribution in [2.24, 2.45) is 5.92 Å². The fourth-order valence-electron chi connectivity index (χ4n) is 2.87. The molecule has 0 aromatic carbocycles. The lowest BCUT2D eigenvalue weighted by Crippen LogP contribution is -2.31. The van der Waals surface area contributed by atoms with Gasteiger partial charge in [0, 0.05) is 11.4 Å². The van der Waals surface area contributed by atoms with Crippen LogP contribution in [0.25, 0.3) is 10.2 Å². The van der Waals surface area contributed by atoms with Crippen molar-refractivity contribution in [1.29, 1.82) is 0 Å². The zero-order chi connectivity index (χ0) is 14.2. The van der Waals surface area contributed by atoms with Crippen LogP contribution in [0, 0.1) is 5.92 Å². The maximum Gasteiger partial charge on any atom is 0.239 e. The minimum atomic E-state index is 0.0422. The van der Waals surface area contributed by atoms with E-state index in [1.807, 2.05) is 0 Å². The van der Waals surface area contributed by atoms with Gasteiger partial charge in [0.2, 0.25) is 5.91 Å². The molecule has 2 aromatic heterocycles. The average Bonchev–Trinajstić information content (AvgIpc) is 3.09. The van der Waals surface area contributed by atoms with E-state index in [1.54, 1.807) is 17.7 Å². The number of thiophene rings is 1. The number of amides is 1. The lowest BCUT2D eigenvalue weighted by Gasteiger charge is -2.08. The van der Waals surface area contributed by atoms with E-state index in [4.69, 9.17) is 0 Å². The first kappa shape index (κ1) is 13.0. The fraction of sp³-hybridized carbons (Fsp3) is 0.533. The SMILES string of the molecule is O=C(CNc1ncnc2sc3c(c12)CCC3)NCC1CC1. The van der Waals surface area contributed by atoms with E-state index in [0.717, 1.165) is 35.4 Å². The summed E-state index contributed by atoms with van der Waals surface area (Å²) in [6.45, 7) is 1.09. The number of nitrogens with one attached hydrogen (secondary N) is 2. The van der Waals surface area contributed by atoms with Crippen molar-refractivity contribution < 1.29 is 4.79 Å². The van der Waals surface area contributed by atoms with Gasteiger partial charge >= 0.3 is 0 Å². The molecule has 2 N–H and O–H groups in total. The van der Waals surface area contributed by atoms with Crippen molar-refractivity contribution in [2.75, 3.05) is 18.4 Å². The van der Waals surface area contributed by atoms with Crippen molar-refractivity contribution in [3.05, 3.63) is 16.8 Å². The predicted octanol–water partition coefficient (Wildman–Crippen LogP) is 2.12. The summed E-state index contributed by atoms with van der Waals surface area (Å²) < 4.78 is 0. The number of fused-ring (bicyclic) bond motifs is 3. The maximum absolute atomic E-state index is 11.8. The number of hydrogen-bond acceptors (Lipinski definition) is 5. The molecule has 110 valence electrons. The lowest BCUT2D eigenvalue weighted by molar-refractivity contribution is -0.119. The van der Waals surface area contributed by atoms with E-state index < -0.39 is 0 Å². The molecule has 5 nitrogen and oxygen atoms in total. The van der Waals surface area contributed by atoms with Crippen LogP contribution >= 0.6 is 11.3 Å². The van der Waals surface area contributed by atoms with Gasteiger partial charge in [-0.2, -0.15) is 0 Å². The number of carbonyl (C=O) groups is 1. The molecular weight excluding hydrogens is 284 g/mol. The highest BCUT2D eigenvalue weighted by molar-refractivity contribution is 7.19. The largest absolute Gasteiger partial charge is 0.360 e. The Morgan fingerprint density at radius 1 is 1.33 bits per heavy atom. The van der Waals surface area contributed by atoms with Crippen LogP contribution in [-0.4, -0.2) is 29.0 Å². The van der Waals surface area contributed by atoms with Crippen LogP contribution in [0.2, 0.25) is 0 Å². The van der Waals surface area contributed by atoms with E-state index in [9.17, 15) is 4.79 Å². The number of carbonyl (C=O) groups excluding carboxylic acids is 1. The molecule has 21 heavy (non-hydrogen) atoms. The van der Waals surface area contributed by atoms with Crippen molar-refractivity contribution in [2.45, 2.75) is 32.1 Å². The number of aromatic nitrogens is 2. The molecule has 0 radical (unpaired) electrons.